The van der Waals surface area contributed by atoms with E-state index in [1.165, 1.54) is 11.2 Å². The number of rotatable bonds is 1. The fourth-order valence-electron chi connectivity index (χ4n) is 2.87. The van der Waals surface area contributed by atoms with Crippen molar-refractivity contribution in [3.05, 3.63) is 21.4 Å². The summed E-state index contributed by atoms with van der Waals surface area (Å²) in [7, 11) is 0. The molecule has 0 aliphatic carbocycles. The van der Waals surface area contributed by atoms with E-state index in [1.807, 2.05) is 0 Å². The van der Waals surface area contributed by atoms with Gasteiger partial charge in [0, 0.05) is 23.6 Å². The van der Waals surface area contributed by atoms with E-state index in [1.54, 1.807) is 0 Å². The number of hydrogen-bond donors (Lipinski definition) is 1. The first-order valence-corrected chi connectivity index (χ1v) is 7.50. The van der Waals surface area contributed by atoms with Gasteiger partial charge in [-0.05, 0) is 44.6 Å². The van der Waals surface area contributed by atoms with Gasteiger partial charge in [-0.25, -0.2) is 0 Å². The molecule has 1 aliphatic rings. The fraction of sp³-hybridized carbons (Fsp3) is 0.462. The predicted molar refractivity (Wildman–Crippen MR) is 81.9 cm³/mol. The molecule has 96 valence electrons. The molecule has 0 saturated heterocycles. The smallest absolute Gasteiger partial charge is 0.178 e. The highest BCUT2D eigenvalue weighted by Gasteiger charge is 2.22. The Bertz CT molecular complexity index is 658. The molecule has 0 bridgehead atoms. The molecule has 1 atom stereocenters. The van der Waals surface area contributed by atoms with Crippen molar-refractivity contribution in [1.82, 2.24) is 9.55 Å². The standard InChI is InChI=1S/C13H16BrN3S/c1-3-16-8(2)4-5-17-12-10(15-13(17)18)6-9(14)7-11(12)16/h6-8H,3-5H2,1-2H3,(H,15,18). The molecule has 1 N–H and O–H groups in total. The first kappa shape index (κ1) is 12.2. The second kappa shape index (κ2) is 4.38. The van der Waals surface area contributed by atoms with Gasteiger partial charge in [-0.1, -0.05) is 15.9 Å². The van der Waals surface area contributed by atoms with Crippen LogP contribution >= 0.6 is 28.1 Å². The van der Waals surface area contributed by atoms with Gasteiger partial charge in [-0.3, -0.25) is 0 Å². The third kappa shape index (κ3) is 1.72. The van der Waals surface area contributed by atoms with E-state index in [0.29, 0.717) is 6.04 Å². The fourth-order valence-corrected chi connectivity index (χ4v) is 3.61. The lowest BCUT2D eigenvalue weighted by atomic mass is 10.2. The van der Waals surface area contributed by atoms with Crippen molar-refractivity contribution in [2.45, 2.75) is 32.9 Å². The van der Waals surface area contributed by atoms with Gasteiger partial charge in [0.2, 0.25) is 0 Å². The molecular weight excluding hydrogens is 310 g/mol. The van der Waals surface area contributed by atoms with Crippen LogP contribution in [0.25, 0.3) is 11.0 Å². The second-order valence-corrected chi connectivity index (χ2v) is 6.13. The Kier molecular flexibility index (Phi) is 2.98. The van der Waals surface area contributed by atoms with Gasteiger partial charge >= 0.3 is 0 Å². The summed E-state index contributed by atoms with van der Waals surface area (Å²) in [6.07, 6.45) is 1.13. The van der Waals surface area contributed by atoms with Crippen LogP contribution < -0.4 is 4.90 Å². The third-order valence-electron chi connectivity index (χ3n) is 3.76. The number of H-pyrrole nitrogens is 1. The molecule has 2 heterocycles. The van der Waals surface area contributed by atoms with Crippen LogP contribution in [0.1, 0.15) is 20.3 Å². The maximum atomic E-state index is 5.44. The zero-order valence-corrected chi connectivity index (χ0v) is 12.9. The van der Waals surface area contributed by atoms with Crippen LogP contribution in [-0.2, 0) is 6.54 Å². The minimum absolute atomic E-state index is 0.543. The molecule has 0 saturated carbocycles. The van der Waals surface area contributed by atoms with Crippen molar-refractivity contribution in [3.8, 4) is 0 Å². The summed E-state index contributed by atoms with van der Waals surface area (Å²) < 4.78 is 4.16. The van der Waals surface area contributed by atoms with Gasteiger partial charge in [-0.2, -0.15) is 0 Å². The van der Waals surface area contributed by atoms with Gasteiger partial charge < -0.3 is 14.5 Å². The van der Waals surface area contributed by atoms with Crippen LogP contribution in [-0.4, -0.2) is 22.1 Å². The zero-order chi connectivity index (χ0) is 12.9. The van der Waals surface area contributed by atoms with Gasteiger partial charge in [-0.15, -0.1) is 0 Å². The Hall–Kier alpha value is -0.810. The minimum atomic E-state index is 0.543. The predicted octanol–water partition coefficient (Wildman–Crippen LogP) is 4.08. The summed E-state index contributed by atoms with van der Waals surface area (Å²) >= 11 is 9.03. The quantitative estimate of drug-likeness (QED) is 0.799. The van der Waals surface area contributed by atoms with Gasteiger partial charge in [0.15, 0.2) is 4.77 Å². The summed E-state index contributed by atoms with van der Waals surface area (Å²) in [5.41, 5.74) is 3.64. The normalized spacial score (nSPS) is 19.3. The van der Waals surface area contributed by atoms with Crippen LogP contribution in [0, 0.1) is 4.77 Å². The summed E-state index contributed by atoms with van der Waals surface area (Å²) in [6, 6.07) is 4.85. The topological polar surface area (TPSA) is 24.0 Å². The first-order chi connectivity index (χ1) is 8.61. The van der Waals surface area contributed by atoms with Crippen molar-refractivity contribution in [1.29, 1.82) is 0 Å². The highest BCUT2D eigenvalue weighted by Crippen LogP contribution is 2.34. The highest BCUT2D eigenvalue weighted by atomic mass is 79.9. The van der Waals surface area contributed by atoms with E-state index in [2.05, 4.69) is 56.4 Å². The van der Waals surface area contributed by atoms with Crippen LogP contribution in [0.2, 0.25) is 0 Å². The monoisotopic (exact) mass is 325 g/mol. The number of aromatic nitrogens is 2. The van der Waals surface area contributed by atoms with E-state index < -0.39 is 0 Å². The number of aromatic amines is 1. The lowest BCUT2D eigenvalue weighted by Gasteiger charge is -2.28. The molecule has 5 heteroatoms. The number of halogens is 1. The largest absolute Gasteiger partial charge is 0.367 e. The Morgan fingerprint density at radius 3 is 3.00 bits per heavy atom. The average molecular weight is 326 g/mol. The summed E-state index contributed by atoms with van der Waals surface area (Å²) in [4.78, 5) is 5.77. The minimum Gasteiger partial charge on any atom is -0.367 e. The van der Waals surface area contributed by atoms with E-state index in [4.69, 9.17) is 12.2 Å². The number of benzene rings is 1. The molecule has 1 aromatic heterocycles. The number of hydrogen-bond acceptors (Lipinski definition) is 2. The van der Waals surface area contributed by atoms with E-state index in [0.717, 1.165) is 34.3 Å². The Morgan fingerprint density at radius 2 is 2.28 bits per heavy atom. The highest BCUT2D eigenvalue weighted by molar-refractivity contribution is 9.10. The van der Waals surface area contributed by atoms with Crippen LogP contribution in [0.15, 0.2) is 16.6 Å². The molecule has 2 aromatic rings. The van der Waals surface area contributed by atoms with E-state index in [-0.39, 0.29) is 0 Å². The molecule has 1 unspecified atom stereocenters. The SMILES string of the molecule is CCN1c2cc(Br)cc3[nH]c(=S)n(c23)CCC1C. The number of aryl methyl sites for hydroxylation is 1. The Labute approximate surface area is 120 Å². The molecule has 18 heavy (non-hydrogen) atoms. The average Bonchev–Trinajstić information content (AvgIpc) is 2.54. The molecule has 0 fully saturated rings. The van der Waals surface area contributed by atoms with Crippen molar-refractivity contribution in [2.75, 3.05) is 11.4 Å². The summed E-state index contributed by atoms with van der Waals surface area (Å²) in [5, 5.41) is 0. The lowest BCUT2D eigenvalue weighted by molar-refractivity contribution is 0.555. The van der Waals surface area contributed by atoms with Crippen LogP contribution in [0.5, 0.6) is 0 Å². The summed E-state index contributed by atoms with van der Waals surface area (Å²) in [6.45, 7) is 6.51. The maximum Gasteiger partial charge on any atom is 0.178 e. The van der Waals surface area contributed by atoms with Gasteiger partial charge in [0.25, 0.3) is 0 Å². The van der Waals surface area contributed by atoms with Crippen molar-refractivity contribution >= 4 is 44.9 Å². The molecule has 3 rings (SSSR count). The number of nitrogens with one attached hydrogen (secondary N) is 1. The third-order valence-corrected chi connectivity index (χ3v) is 4.54. The van der Waals surface area contributed by atoms with E-state index in [9.17, 15) is 0 Å². The number of imidazole rings is 1. The second-order valence-electron chi connectivity index (χ2n) is 4.83. The lowest BCUT2D eigenvalue weighted by Crippen LogP contribution is -2.32. The molecule has 3 nitrogen and oxygen atoms in total. The van der Waals surface area contributed by atoms with Gasteiger partial charge in [0.1, 0.15) is 0 Å². The molecule has 0 spiro atoms. The maximum absolute atomic E-state index is 5.44. The first-order valence-electron chi connectivity index (χ1n) is 6.30. The molecule has 1 aliphatic heterocycles. The van der Waals surface area contributed by atoms with Gasteiger partial charge in [0.05, 0.1) is 16.7 Å². The number of anilines is 1. The summed E-state index contributed by atoms with van der Waals surface area (Å²) in [5.74, 6) is 0. The molecule has 0 radical (unpaired) electrons. The van der Waals surface area contributed by atoms with Crippen LogP contribution in [0.4, 0.5) is 5.69 Å². The van der Waals surface area contributed by atoms with Crippen molar-refractivity contribution < 1.29 is 0 Å². The Balaban J connectivity index is 2.40. The molecular formula is C13H16BrN3S. The zero-order valence-electron chi connectivity index (χ0n) is 10.5. The van der Waals surface area contributed by atoms with E-state index >= 15 is 0 Å². The molecule has 0 amide bonds. The molecule has 1 aromatic carbocycles. The Morgan fingerprint density at radius 1 is 1.50 bits per heavy atom. The number of nitrogens with zero attached hydrogens (tertiary/aromatic N) is 2. The van der Waals surface area contributed by atoms with Crippen molar-refractivity contribution in [2.24, 2.45) is 0 Å². The van der Waals surface area contributed by atoms with Crippen LogP contribution in [0.3, 0.4) is 0 Å². The van der Waals surface area contributed by atoms with Crippen molar-refractivity contribution in [3.63, 3.8) is 0 Å².